The lowest BCUT2D eigenvalue weighted by Crippen LogP contribution is -2.35. The lowest BCUT2D eigenvalue weighted by Gasteiger charge is -2.31. The summed E-state index contributed by atoms with van der Waals surface area (Å²) in [5, 5.41) is 0. The Hall–Kier alpha value is -5.30. The van der Waals surface area contributed by atoms with Crippen LogP contribution in [0.2, 0.25) is 0 Å². The number of halogens is 8. The maximum Gasteiger partial charge on any atom is 0.573 e. The van der Waals surface area contributed by atoms with Crippen molar-refractivity contribution < 1.29 is 54.1 Å². The highest BCUT2D eigenvalue weighted by atomic mass is 19.4. The first-order valence-corrected chi connectivity index (χ1v) is 19.2. The largest absolute Gasteiger partial charge is 0.573 e. The Morgan fingerprint density at radius 2 is 0.933 bits per heavy atom. The van der Waals surface area contributed by atoms with Gasteiger partial charge in [0.15, 0.2) is 0 Å². The number of hydrogen-bond acceptors (Lipinski definition) is 8. The minimum absolute atomic E-state index is 0.0604. The number of benzene rings is 4. The van der Waals surface area contributed by atoms with E-state index in [9.17, 15) is 35.1 Å². The maximum atomic E-state index is 14.7. The van der Waals surface area contributed by atoms with Gasteiger partial charge in [-0.1, -0.05) is 24.3 Å². The summed E-state index contributed by atoms with van der Waals surface area (Å²) in [6.07, 6.45) is -9.18. The number of piperidine rings is 2. The Bertz CT molecular complexity index is 2120. The van der Waals surface area contributed by atoms with Gasteiger partial charge >= 0.3 is 12.7 Å². The lowest BCUT2D eigenvalue weighted by molar-refractivity contribution is -0.275. The van der Waals surface area contributed by atoms with Gasteiger partial charge in [-0.15, -0.1) is 26.3 Å². The van der Waals surface area contributed by atoms with E-state index < -0.39 is 48.1 Å². The van der Waals surface area contributed by atoms with E-state index in [-0.39, 0.29) is 23.3 Å². The quantitative estimate of drug-likeness (QED) is 0.132. The van der Waals surface area contributed by atoms with Crippen molar-refractivity contribution in [2.45, 2.75) is 62.8 Å². The highest BCUT2D eigenvalue weighted by Gasteiger charge is 2.35. The van der Waals surface area contributed by atoms with E-state index in [4.69, 9.17) is 9.47 Å². The Labute approximate surface area is 339 Å². The molecule has 2 unspecified atom stereocenters. The number of fused-ring (bicyclic) bond motifs is 2. The summed E-state index contributed by atoms with van der Waals surface area (Å²) in [5.41, 5.74) is 2.66. The first-order valence-electron chi connectivity index (χ1n) is 19.2. The normalized spacial score (nSPS) is 17.4. The first kappa shape index (κ1) is 42.8. The average Bonchev–Trinajstić information content (AvgIpc) is 3.83. The Kier molecular flexibility index (Phi) is 12.9. The second kappa shape index (κ2) is 18.1. The minimum atomic E-state index is -4.88. The van der Waals surface area contributed by atoms with E-state index in [1.807, 2.05) is 50.5 Å². The maximum absolute atomic E-state index is 14.7. The molecule has 2 N–H and O–H groups in total. The van der Waals surface area contributed by atoms with Crippen LogP contribution >= 0.6 is 0 Å². The Morgan fingerprint density at radius 1 is 0.567 bits per heavy atom. The summed E-state index contributed by atoms with van der Waals surface area (Å²) < 4.78 is 126. The second-order valence-electron chi connectivity index (χ2n) is 14.8. The number of likely N-dealkylation sites (tertiary alicyclic amines) is 2. The molecule has 2 aliphatic heterocycles. The van der Waals surface area contributed by atoms with Gasteiger partial charge in [0.2, 0.25) is 0 Å². The van der Waals surface area contributed by atoms with Gasteiger partial charge in [0, 0.05) is 37.3 Å². The highest BCUT2D eigenvalue weighted by molar-refractivity contribution is 5.75. The van der Waals surface area contributed by atoms with E-state index in [0.29, 0.717) is 22.7 Å². The molecular formula is C42H42F8N6O4. The zero-order chi connectivity index (χ0) is 42.6. The number of nitrogens with zero attached hydrogens (tertiary/aromatic N) is 4. The highest BCUT2D eigenvalue weighted by Crippen LogP contribution is 2.36. The number of ether oxygens (including phenoxy) is 4. The van der Waals surface area contributed by atoms with Crippen LogP contribution in [0.1, 0.15) is 60.7 Å². The summed E-state index contributed by atoms with van der Waals surface area (Å²) in [7, 11) is 4.01. The second-order valence-corrected chi connectivity index (χ2v) is 14.8. The van der Waals surface area contributed by atoms with Crippen LogP contribution in [-0.4, -0.2) is 94.9 Å². The van der Waals surface area contributed by atoms with Gasteiger partial charge in [-0.2, -0.15) is 0 Å². The van der Waals surface area contributed by atoms with E-state index in [2.05, 4.69) is 39.2 Å². The number of H-pyrrole nitrogens is 2. The summed E-state index contributed by atoms with van der Waals surface area (Å²) in [5.74, 6) is -1.74. The van der Waals surface area contributed by atoms with Crippen molar-refractivity contribution in [3.63, 3.8) is 0 Å². The number of alkyl halides is 6. The molecule has 8 rings (SSSR count). The van der Waals surface area contributed by atoms with Gasteiger partial charge < -0.3 is 38.7 Å². The van der Waals surface area contributed by atoms with Gasteiger partial charge in [0.05, 0.1) is 34.3 Å². The van der Waals surface area contributed by atoms with Crippen molar-refractivity contribution in [3.05, 3.63) is 119 Å². The molecule has 2 aliphatic rings. The topological polar surface area (TPSA) is 101 Å². The molecular weight excluding hydrogens is 804 g/mol. The minimum Gasteiger partial charge on any atom is -0.406 e. The predicted octanol–water partition coefficient (Wildman–Crippen LogP) is 9.60. The number of rotatable bonds is 10. The third-order valence-electron chi connectivity index (χ3n) is 10.3. The van der Waals surface area contributed by atoms with Gasteiger partial charge in [-0.25, -0.2) is 18.7 Å². The number of aromatic nitrogens is 4. The molecule has 60 heavy (non-hydrogen) atoms. The van der Waals surface area contributed by atoms with Crippen LogP contribution in [0.25, 0.3) is 22.1 Å². The van der Waals surface area contributed by atoms with Crippen LogP contribution < -0.4 is 9.47 Å². The molecule has 0 aliphatic carbocycles. The van der Waals surface area contributed by atoms with Gasteiger partial charge in [-0.3, -0.25) is 0 Å². The molecule has 18 heteroatoms. The van der Waals surface area contributed by atoms with Crippen molar-refractivity contribution >= 4 is 22.1 Å². The van der Waals surface area contributed by atoms with E-state index >= 15 is 0 Å². The van der Waals surface area contributed by atoms with E-state index in [1.165, 1.54) is 0 Å². The molecule has 10 nitrogen and oxygen atoms in total. The zero-order valence-corrected chi connectivity index (χ0v) is 32.5. The lowest BCUT2D eigenvalue weighted by atomic mass is 10.0. The van der Waals surface area contributed by atoms with Crippen LogP contribution in [0.15, 0.2) is 84.9 Å². The SMILES string of the molecule is CN1CCC(OC(c2nc3ccccc3[nH]2)c2cc(OC(F)(F)F)ccc2F)CC1.CN1CCC(OC(c2nc3ccccc3[nH]2)c2cc(OC(F)(F)F)ccc2F)CC1. The first-order chi connectivity index (χ1) is 28.6. The molecule has 0 bridgehead atoms. The van der Waals surface area contributed by atoms with Gasteiger partial charge in [0.25, 0.3) is 0 Å². The fourth-order valence-electron chi connectivity index (χ4n) is 7.23. The van der Waals surface area contributed by atoms with Crippen molar-refractivity contribution in [3.8, 4) is 11.5 Å². The Balaban J connectivity index is 0.000000181. The Morgan fingerprint density at radius 3 is 1.28 bits per heavy atom. The van der Waals surface area contributed by atoms with Crippen LogP contribution in [-0.2, 0) is 9.47 Å². The summed E-state index contributed by atoms with van der Waals surface area (Å²) in [6, 6.07) is 20.3. The molecule has 4 aromatic carbocycles. The molecule has 6 aromatic rings. The van der Waals surface area contributed by atoms with Crippen LogP contribution in [0.5, 0.6) is 11.5 Å². The third-order valence-corrected chi connectivity index (χ3v) is 10.3. The summed E-state index contributed by atoms with van der Waals surface area (Å²) >= 11 is 0. The molecule has 0 saturated carbocycles. The van der Waals surface area contributed by atoms with Crippen molar-refractivity contribution in [2.75, 3.05) is 40.3 Å². The van der Waals surface area contributed by atoms with Crippen molar-refractivity contribution in [2.24, 2.45) is 0 Å². The monoisotopic (exact) mass is 846 g/mol. The third kappa shape index (κ3) is 11.1. The number of hydrogen-bond donors (Lipinski definition) is 2. The van der Waals surface area contributed by atoms with Crippen molar-refractivity contribution in [1.29, 1.82) is 0 Å². The van der Waals surface area contributed by atoms with Gasteiger partial charge in [-0.05, 0) is 100 Å². The van der Waals surface area contributed by atoms with E-state index in [1.54, 1.807) is 12.1 Å². The smallest absolute Gasteiger partial charge is 0.406 e. The van der Waals surface area contributed by atoms with Crippen LogP contribution in [0.3, 0.4) is 0 Å². The van der Waals surface area contributed by atoms with Gasteiger partial charge in [0.1, 0.15) is 47.0 Å². The zero-order valence-electron chi connectivity index (χ0n) is 32.5. The molecule has 2 atom stereocenters. The number of nitrogens with one attached hydrogen (secondary N) is 2. The fraction of sp³-hybridized carbons (Fsp3) is 0.381. The molecule has 2 saturated heterocycles. The molecule has 320 valence electrons. The fourth-order valence-corrected chi connectivity index (χ4v) is 7.23. The molecule has 0 spiro atoms. The number of imidazole rings is 2. The molecule has 0 radical (unpaired) electrons. The molecule has 0 amide bonds. The predicted molar refractivity (Wildman–Crippen MR) is 205 cm³/mol. The number of aromatic amines is 2. The van der Waals surface area contributed by atoms with Crippen molar-refractivity contribution in [1.82, 2.24) is 29.7 Å². The summed E-state index contributed by atoms with van der Waals surface area (Å²) in [4.78, 5) is 19.5. The molecule has 4 heterocycles. The molecule has 2 aromatic heterocycles. The van der Waals surface area contributed by atoms with Crippen LogP contribution in [0.4, 0.5) is 35.1 Å². The average molecular weight is 847 g/mol. The van der Waals surface area contributed by atoms with E-state index in [0.717, 1.165) is 99.3 Å². The standard InChI is InChI=1S/2C21H21F4N3O2/c2*1-28-10-8-13(9-11-28)29-19(20-26-17-4-2-3-5-18(17)27-20)15-12-14(6-7-16(15)22)30-21(23,24)25/h2*2-7,12-13,19H,8-11H2,1H3,(H,26,27). The van der Waals surface area contributed by atoms with Crippen LogP contribution in [0, 0.1) is 11.6 Å². The molecule has 2 fully saturated rings. The number of para-hydroxylation sites is 4. The summed E-state index contributed by atoms with van der Waals surface area (Å²) in [6.45, 7) is 3.27.